The summed E-state index contributed by atoms with van der Waals surface area (Å²) in [6.45, 7) is 10.3. The molecule has 0 unspecified atom stereocenters. The second-order valence-corrected chi connectivity index (χ2v) is 8.11. The van der Waals surface area contributed by atoms with Gasteiger partial charge in [0.25, 0.3) is 0 Å². The molecule has 0 aliphatic carbocycles. The van der Waals surface area contributed by atoms with Gasteiger partial charge in [0.1, 0.15) is 18.8 Å². The molecule has 30 heavy (non-hydrogen) atoms. The maximum Gasteiger partial charge on any atom is 0.302 e. The number of Topliss-reactive ketones (excluding diaryl/α,β-unsaturated/α-hetero) is 1. The molecule has 0 heterocycles. The molecule has 0 aromatic carbocycles. The summed E-state index contributed by atoms with van der Waals surface area (Å²) >= 11 is 0. The van der Waals surface area contributed by atoms with Gasteiger partial charge >= 0.3 is 11.9 Å². The van der Waals surface area contributed by atoms with Crippen molar-refractivity contribution in [2.45, 2.75) is 85.7 Å². The smallest absolute Gasteiger partial charge is 0.302 e. The summed E-state index contributed by atoms with van der Waals surface area (Å²) in [5.41, 5.74) is 2.00. The molecule has 0 atom stereocenters. The van der Waals surface area contributed by atoms with Gasteiger partial charge in [0.15, 0.2) is 5.78 Å². The lowest BCUT2D eigenvalue weighted by Gasteiger charge is -2.15. The van der Waals surface area contributed by atoms with E-state index in [1.54, 1.807) is 0 Å². The second kappa shape index (κ2) is 14.7. The third-order valence-corrected chi connectivity index (χ3v) is 4.54. The van der Waals surface area contributed by atoms with Crippen molar-refractivity contribution < 1.29 is 29.0 Å². The van der Waals surface area contributed by atoms with Crippen LogP contribution in [0.1, 0.15) is 80.1 Å². The molecule has 0 aromatic heterocycles. The Morgan fingerprint density at radius 3 is 1.90 bits per heavy atom. The van der Waals surface area contributed by atoms with E-state index in [-0.39, 0.29) is 30.9 Å². The monoisotopic (exact) mass is 422 g/mol. The average Bonchev–Trinajstić information content (AvgIpc) is 2.62. The molecule has 0 amide bonds. The van der Waals surface area contributed by atoms with Crippen LogP contribution < -0.4 is 0 Å². The Morgan fingerprint density at radius 1 is 0.767 bits per heavy atom. The Labute approximate surface area is 181 Å². The fourth-order valence-electron chi connectivity index (χ4n) is 2.56. The van der Waals surface area contributed by atoms with E-state index < -0.39 is 5.60 Å². The fourth-order valence-corrected chi connectivity index (χ4v) is 2.56. The summed E-state index contributed by atoms with van der Waals surface area (Å²) in [5, 5.41) is 9.70. The number of carbonyl (C=O) groups is 3. The molecule has 1 N–H and O–H groups in total. The van der Waals surface area contributed by atoms with Crippen LogP contribution in [0.5, 0.6) is 0 Å². The first-order valence-electron chi connectivity index (χ1n) is 10.4. The average molecular weight is 423 g/mol. The van der Waals surface area contributed by atoms with E-state index in [0.717, 1.165) is 42.4 Å². The van der Waals surface area contributed by atoms with Crippen LogP contribution in [0.4, 0.5) is 0 Å². The minimum atomic E-state index is -1.29. The van der Waals surface area contributed by atoms with Gasteiger partial charge in [-0.25, -0.2) is 0 Å². The van der Waals surface area contributed by atoms with Crippen LogP contribution in [-0.2, 0) is 23.9 Å². The number of ether oxygens (including phenoxy) is 2. The van der Waals surface area contributed by atoms with Crippen LogP contribution in [0.3, 0.4) is 0 Å². The highest BCUT2D eigenvalue weighted by molar-refractivity contribution is 5.86. The Balaban J connectivity index is 4.63. The van der Waals surface area contributed by atoms with E-state index in [1.807, 2.05) is 19.9 Å². The van der Waals surface area contributed by atoms with Crippen molar-refractivity contribution in [3.8, 4) is 0 Å². The van der Waals surface area contributed by atoms with Crippen LogP contribution in [-0.4, -0.2) is 41.6 Å². The molecular formula is C24H38O6. The quantitative estimate of drug-likeness (QED) is 0.325. The zero-order chi connectivity index (χ0) is 23.2. The van der Waals surface area contributed by atoms with E-state index in [2.05, 4.69) is 12.2 Å². The lowest BCUT2D eigenvalue weighted by atomic mass is 9.97. The maximum atomic E-state index is 11.8. The predicted octanol–water partition coefficient (Wildman–Crippen LogP) is 4.61. The molecule has 0 aliphatic heterocycles. The number of ketones is 1. The molecule has 6 heteroatoms. The van der Waals surface area contributed by atoms with Crippen molar-refractivity contribution >= 4 is 17.7 Å². The standard InChI is InChI=1S/C24H38O6/c1-18(13-14-23(27)24(5,6)28)9-7-11-22(17-30-21(4)26)12-8-10-19(2)15-16-29-20(3)25/h9,12,15,28H,7-8,10-11,13-14,16-17H2,1-6H3. The minimum absolute atomic E-state index is 0.164. The number of aliphatic hydroxyl groups is 1. The van der Waals surface area contributed by atoms with Gasteiger partial charge in [0, 0.05) is 20.3 Å². The Morgan fingerprint density at radius 2 is 1.33 bits per heavy atom. The third-order valence-electron chi connectivity index (χ3n) is 4.54. The summed E-state index contributed by atoms with van der Waals surface area (Å²) in [4.78, 5) is 33.7. The van der Waals surface area contributed by atoms with Gasteiger partial charge in [-0.3, -0.25) is 14.4 Å². The zero-order valence-electron chi connectivity index (χ0n) is 19.4. The van der Waals surface area contributed by atoms with E-state index in [4.69, 9.17) is 9.47 Å². The molecule has 0 saturated carbocycles. The van der Waals surface area contributed by atoms with Gasteiger partial charge in [-0.15, -0.1) is 0 Å². The number of esters is 2. The highest BCUT2D eigenvalue weighted by atomic mass is 16.5. The lowest BCUT2D eigenvalue weighted by molar-refractivity contribution is -0.140. The molecule has 0 rings (SSSR count). The summed E-state index contributed by atoms with van der Waals surface area (Å²) in [7, 11) is 0. The summed E-state index contributed by atoms with van der Waals surface area (Å²) < 4.78 is 10.1. The van der Waals surface area contributed by atoms with Gasteiger partial charge in [-0.05, 0) is 71.4 Å². The second-order valence-electron chi connectivity index (χ2n) is 8.11. The van der Waals surface area contributed by atoms with Crippen molar-refractivity contribution in [3.05, 3.63) is 34.9 Å². The highest BCUT2D eigenvalue weighted by Gasteiger charge is 2.22. The first kappa shape index (κ1) is 27.8. The normalized spacial score (nSPS) is 13.2. The van der Waals surface area contributed by atoms with Gasteiger partial charge < -0.3 is 14.6 Å². The zero-order valence-corrected chi connectivity index (χ0v) is 19.4. The van der Waals surface area contributed by atoms with E-state index >= 15 is 0 Å². The number of carbonyl (C=O) groups excluding carboxylic acids is 3. The number of allylic oxidation sites excluding steroid dienone is 4. The van der Waals surface area contributed by atoms with Crippen LogP contribution >= 0.6 is 0 Å². The van der Waals surface area contributed by atoms with Crippen molar-refractivity contribution in [1.29, 1.82) is 0 Å². The number of rotatable bonds is 14. The molecule has 0 fully saturated rings. The van der Waals surface area contributed by atoms with Crippen LogP contribution in [0.15, 0.2) is 34.9 Å². The van der Waals surface area contributed by atoms with Crippen LogP contribution in [0.2, 0.25) is 0 Å². The van der Waals surface area contributed by atoms with Crippen molar-refractivity contribution in [2.24, 2.45) is 0 Å². The van der Waals surface area contributed by atoms with E-state index in [0.29, 0.717) is 12.8 Å². The number of hydrogen-bond donors (Lipinski definition) is 1. The largest absolute Gasteiger partial charge is 0.462 e. The topological polar surface area (TPSA) is 89.9 Å². The predicted molar refractivity (Wildman–Crippen MR) is 118 cm³/mol. The summed E-state index contributed by atoms with van der Waals surface area (Å²) in [6.07, 6.45) is 10.2. The number of hydrogen-bond acceptors (Lipinski definition) is 6. The van der Waals surface area contributed by atoms with Crippen LogP contribution in [0, 0.1) is 0 Å². The van der Waals surface area contributed by atoms with Crippen molar-refractivity contribution in [1.82, 2.24) is 0 Å². The lowest BCUT2D eigenvalue weighted by Crippen LogP contribution is -2.30. The van der Waals surface area contributed by atoms with Gasteiger partial charge in [-0.2, -0.15) is 0 Å². The molecule has 0 radical (unpaired) electrons. The first-order valence-corrected chi connectivity index (χ1v) is 10.4. The Hall–Kier alpha value is -2.21. The van der Waals surface area contributed by atoms with E-state index in [1.165, 1.54) is 27.7 Å². The fraction of sp³-hybridized carbons (Fsp3) is 0.625. The van der Waals surface area contributed by atoms with Gasteiger partial charge in [-0.1, -0.05) is 23.3 Å². The van der Waals surface area contributed by atoms with E-state index in [9.17, 15) is 19.5 Å². The Bertz CT molecular complexity index is 662. The first-order chi connectivity index (χ1) is 13.9. The highest BCUT2D eigenvalue weighted by Crippen LogP contribution is 2.16. The van der Waals surface area contributed by atoms with Crippen molar-refractivity contribution in [3.63, 3.8) is 0 Å². The molecular weight excluding hydrogens is 384 g/mol. The minimum Gasteiger partial charge on any atom is -0.462 e. The molecule has 0 aromatic rings. The molecule has 0 bridgehead atoms. The maximum absolute atomic E-state index is 11.8. The Kier molecular flexibility index (Phi) is 13.6. The van der Waals surface area contributed by atoms with Gasteiger partial charge in [0.2, 0.25) is 0 Å². The molecule has 0 spiro atoms. The molecule has 170 valence electrons. The summed E-state index contributed by atoms with van der Waals surface area (Å²) in [5.74, 6) is -0.770. The molecule has 0 saturated heterocycles. The molecule has 0 aliphatic rings. The van der Waals surface area contributed by atoms with Crippen LogP contribution in [0.25, 0.3) is 0 Å². The molecule has 6 nitrogen and oxygen atoms in total. The SMILES string of the molecule is CC(=O)OCC=C(C)CCC=C(CCC=C(C)CCC(=O)C(C)(C)O)COC(C)=O. The summed E-state index contributed by atoms with van der Waals surface area (Å²) in [6, 6.07) is 0. The van der Waals surface area contributed by atoms with Crippen molar-refractivity contribution in [2.75, 3.05) is 13.2 Å². The van der Waals surface area contributed by atoms with Gasteiger partial charge in [0.05, 0.1) is 0 Å². The third kappa shape index (κ3) is 15.7.